The summed E-state index contributed by atoms with van der Waals surface area (Å²) in [5.74, 6) is 1.48. The van der Waals surface area contributed by atoms with Crippen LogP contribution in [0.5, 0.6) is 0 Å². The number of fused-ring (bicyclic) bond motifs is 3. The summed E-state index contributed by atoms with van der Waals surface area (Å²) in [6.07, 6.45) is 7.32. The third kappa shape index (κ3) is 4.23. The Hall–Kier alpha value is -3.08. The van der Waals surface area contributed by atoms with Crippen LogP contribution in [0.3, 0.4) is 0 Å². The van der Waals surface area contributed by atoms with Crippen LogP contribution in [0.15, 0.2) is 24.7 Å². The number of carbonyl (C=O) groups excluding carboxylic acids is 1. The first kappa shape index (κ1) is 23.3. The highest BCUT2D eigenvalue weighted by Gasteiger charge is 2.39. The zero-order chi connectivity index (χ0) is 25.0. The van der Waals surface area contributed by atoms with Gasteiger partial charge in [0.2, 0.25) is 0 Å². The Kier molecular flexibility index (Phi) is 5.89. The largest absolute Gasteiger partial charge is 0.371 e. The maximum atomic E-state index is 13.8. The van der Waals surface area contributed by atoms with E-state index in [0.717, 1.165) is 51.0 Å². The van der Waals surface area contributed by atoms with Gasteiger partial charge in [0.25, 0.3) is 12.3 Å². The van der Waals surface area contributed by atoms with Gasteiger partial charge >= 0.3 is 0 Å². The number of piperidine rings is 1. The predicted octanol–water partition coefficient (Wildman–Crippen LogP) is 4.48. The topological polar surface area (TPSA) is 89.6 Å². The summed E-state index contributed by atoms with van der Waals surface area (Å²) < 4.78 is 36.5. The van der Waals surface area contributed by atoms with Crippen molar-refractivity contribution in [2.45, 2.75) is 70.6 Å². The first-order chi connectivity index (χ1) is 17.4. The molecule has 9 nitrogen and oxygen atoms in total. The number of rotatable bonds is 6. The zero-order valence-electron chi connectivity index (χ0n) is 20.5. The molecule has 3 aromatic rings. The Morgan fingerprint density at radius 3 is 2.56 bits per heavy atom. The van der Waals surface area contributed by atoms with Gasteiger partial charge < -0.3 is 15.0 Å². The van der Waals surface area contributed by atoms with Crippen molar-refractivity contribution in [3.63, 3.8) is 0 Å². The highest BCUT2D eigenvalue weighted by Crippen LogP contribution is 2.37. The minimum Gasteiger partial charge on any atom is -0.371 e. The van der Waals surface area contributed by atoms with E-state index in [0.29, 0.717) is 17.5 Å². The highest BCUT2D eigenvalue weighted by molar-refractivity contribution is 6.08. The molecule has 1 amide bonds. The van der Waals surface area contributed by atoms with Gasteiger partial charge in [-0.15, -0.1) is 0 Å². The molecular formula is C25H31F2N7O2. The van der Waals surface area contributed by atoms with E-state index in [9.17, 15) is 13.6 Å². The number of anilines is 2. The van der Waals surface area contributed by atoms with Crippen LogP contribution < -0.4 is 10.2 Å². The number of hydrogen-bond donors (Lipinski definition) is 1. The molecule has 4 fully saturated rings. The fourth-order valence-corrected chi connectivity index (χ4v) is 5.81. The fraction of sp³-hybridized carbons (Fsp3) is 0.600. The SMILES string of the molecule is CC(C)C1CCC(n2cc(NC(=O)c3cnn4ccc(N5CC6C[C@H](C5)O6)nc34)c(C(F)F)n2)CC1. The van der Waals surface area contributed by atoms with E-state index in [4.69, 9.17) is 4.74 Å². The number of nitrogens with one attached hydrogen (secondary N) is 1. The minimum atomic E-state index is -2.80. The van der Waals surface area contributed by atoms with Crippen molar-refractivity contribution in [1.82, 2.24) is 24.4 Å². The minimum absolute atomic E-state index is 0.0322. The molecule has 4 aliphatic rings. The normalized spacial score (nSPS) is 26.0. The van der Waals surface area contributed by atoms with Crippen molar-refractivity contribution in [2.75, 3.05) is 23.3 Å². The molecule has 1 aliphatic carbocycles. The van der Waals surface area contributed by atoms with E-state index >= 15 is 0 Å². The highest BCUT2D eigenvalue weighted by atomic mass is 19.3. The second-order valence-electron chi connectivity index (χ2n) is 10.6. The van der Waals surface area contributed by atoms with Gasteiger partial charge in [-0.2, -0.15) is 10.2 Å². The summed E-state index contributed by atoms with van der Waals surface area (Å²) >= 11 is 0. The number of ether oxygens (including phenoxy) is 1. The molecule has 192 valence electrons. The Balaban J connectivity index is 1.22. The number of hydrogen-bond acceptors (Lipinski definition) is 6. The summed E-state index contributed by atoms with van der Waals surface area (Å²) in [7, 11) is 0. The number of amides is 1. The van der Waals surface area contributed by atoms with Crippen LogP contribution in [-0.4, -0.2) is 55.6 Å². The van der Waals surface area contributed by atoms with Gasteiger partial charge in [0, 0.05) is 31.9 Å². The van der Waals surface area contributed by atoms with Crippen molar-refractivity contribution >= 4 is 23.1 Å². The van der Waals surface area contributed by atoms with Gasteiger partial charge in [0.15, 0.2) is 11.3 Å². The quantitative estimate of drug-likeness (QED) is 0.538. The van der Waals surface area contributed by atoms with Gasteiger partial charge in [0.1, 0.15) is 11.4 Å². The zero-order valence-corrected chi connectivity index (χ0v) is 20.5. The molecule has 11 heteroatoms. The first-order valence-electron chi connectivity index (χ1n) is 12.8. The predicted molar refractivity (Wildman–Crippen MR) is 129 cm³/mol. The Labute approximate surface area is 207 Å². The van der Waals surface area contributed by atoms with Gasteiger partial charge in [-0.3, -0.25) is 9.48 Å². The lowest BCUT2D eigenvalue weighted by Crippen LogP contribution is -2.57. The van der Waals surface area contributed by atoms with Crippen molar-refractivity contribution in [3.8, 4) is 0 Å². The van der Waals surface area contributed by atoms with Gasteiger partial charge in [0.05, 0.1) is 30.1 Å². The maximum absolute atomic E-state index is 13.8. The molecule has 6 heterocycles. The second kappa shape index (κ2) is 9.10. The monoisotopic (exact) mass is 499 g/mol. The molecule has 0 aromatic carbocycles. The van der Waals surface area contributed by atoms with E-state index in [1.807, 2.05) is 6.07 Å². The molecule has 7 rings (SSSR count). The number of halogens is 2. The summed E-state index contributed by atoms with van der Waals surface area (Å²) in [6.45, 7) is 5.96. The van der Waals surface area contributed by atoms with Crippen LogP contribution >= 0.6 is 0 Å². The van der Waals surface area contributed by atoms with Crippen molar-refractivity contribution in [1.29, 1.82) is 0 Å². The lowest BCUT2D eigenvalue weighted by Gasteiger charge is -2.47. The van der Waals surface area contributed by atoms with E-state index in [2.05, 4.69) is 39.2 Å². The molecule has 0 spiro atoms. The third-order valence-corrected chi connectivity index (χ3v) is 7.96. The maximum Gasteiger partial charge on any atom is 0.284 e. The fourth-order valence-electron chi connectivity index (χ4n) is 5.81. The van der Waals surface area contributed by atoms with E-state index in [1.165, 1.54) is 10.7 Å². The molecule has 1 N–H and O–H groups in total. The van der Waals surface area contributed by atoms with E-state index in [-0.39, 0.29) is 29.5 Å². The Morgan fingerprint density at radius 1 is 1.17 bits per heavy atom. The van der Waals surface area contributed by atoms with Crippen molar-refractivity contribution < 1.29 is 18.3 Å². The van der Waals surface area contributed by atoms with Gasteiger partial charge in [-0.1, -0.05) is 13.8 Å². The molecule has 3 saturated heterocycles. The summed E-state index contributed by atoms with van der Waals surface area (Å²) in [5.41, 5.74) is 0.223. The molecule has 2 bridgehead atoms. The average molecular weight is 500 g/mol. The average Bonchev–Trinajstić information content (AvgIpc) is 3.48. The van der Waals surface area contributed by atoms with Gasteiger partial charge in [-0.25, -0.2) is 18.3 Å². The number of alkyl halides is 2. The smallest absolute Gasteiger partial charge is 0.284 e. The number of nitrogens with zero attached hydrogens (tertiary/aromatic N) is 6. The number of morpholine rings is 1. The van der Waals surface area contributed by atoms with Crippen LogP contribution in [0.2, 0.25) is 0 Å². The van der Waals surface area contributed by atoms with Gasteiger partial charge in [-0.05, 0) is 43.6 Å². The summed E-state index contributed by atoms with van der Waals surface area (Å²) in [4.78, 5) is 20.0. The molecule has 36 heavy (non-hydrogen) atoms. The molecule has 1 saturated carbocycles. The molecule has 3 aromatic heterocycles. The molecule has 2 atom stereocenters. The summed E-state index contributed by atoms with van der Waals surface area (Å²) in [5, 5.41) is 11.1. The van der Waals surface area contributed by atoms with Crippen LogP contribution in [0.25, 0.3) is 5.65 Å². The van der Waals surface area contributed by atoms with E-state index in [1.54, 1.807) is 17.1 Å². The van der Waals surface area contributed by atoms with Crippen molar-refractivity contribution in [3.05, 3.63) is 35.9 Å². The Morgan fingerprint density at radius 2 is 1.89 bits per heavy atom. The number of carbonyl (C=O) groups is 1. The lowest BCUT2D eigenvalue weighted by atomic mass is 9.80. The molecule has 0 radical (unpaired) electrons. The number of aromatic nitrogens is 5. The Bertz CT molecular complexity index is 1250. The summed E-state index contributed by atoms with van der Waals surface area (Å²) in [6, 6.07) is 1.92. The second-order valence-corrected chi connectivity index (χ2v) is 10.6. The standard InChI is InChI=1S/C25H31F2N7O2/c1-14(2)15-3-5-16(6-4-15)34-13-20(22(31-34)23(26)27)29-25(35)19-10-28-33-8-7-21(30-24(19)33)32-11-17-9-18(12-32)36-17/h7-8,10,13-18,23H,3-6,9,11-12H2,1-2H3,(H,29,35)/t15?,16?,17-,18?/m1/s1. The van der Waals surface area contributed by atoms with Crippen LogP contribution in [0, 0.1) is 11.8 Å². The molecular weight excluding hydrogens is 468 g/mol. The van der Waals surface area contributed by atoms with E-state index < -0.39 is 18.0 Å². The molecule has 1 unspecified atom stereocenters. The molecule has 3 aliphatic heterocycles. The third-order valence-electron chi connectivity index (χ3n) is 7.96. The van der Waals surface area contributed by atoms with Crippen LogP contribution in [0.1, 0.15) is 74.5 Å². The van der Waals surface area contributed by atoms with Crippen molar-refractivity contribution in [2.24, 2.45) is 11.8 Å². The van der Waals surface area contributed by atoms with Crippen LogP contribution in [0.4, 0.5) is 20.3 Å². The van der Waals surface area contributed by atoms with Crippen LogP contribution in [-0.2, 0) is 4.74 Å². The lowest BCUT2D eigenvalue weighted by molar-refractivity contribution is -0.133. The first-order valence-corrected chi connectivity index (χ1v) is 12.8.